The standard InChI is InChI=1S/C37H40N8O13/c1-21(2)33(42-27(46)13-14-28(43-29(47)15-16-30(43)48)44-31(49)17-18-32(44)50)35(52)41-26(4-3-19-39-36(38)53)34(51)40-23-7-5-22(6-8-23)20-57-37(54)58-25-11-9-24(10-12-25)45(55)56/h5-12,15-18,21,26,28,33H,3-4,13-14,19-20H2,1-2H3,(H,40,51)(H,41,52)(H,42,46)(H3,38,39,53)/t26-,33-/m0/s1. The Hall–Kier alpha value is -7.45. The lowest BCUT2D eigenvalue weighted by Crippen LogP contribution is -2.55. The molecule has 2 atom stereocenters. The van der Waals surface area contributed by atoms with E-state index >= 15 is 0 Å². The number of benzene rings is 2. The molecule has 2 aliphatic heterocycles. The predicted molar refractivity (Wildman–Crippen MR) is 200 cm³/mol. The molecule has 0 aromatic heterocycles. The summed E-state index contributed by atoms with van der Waals surface area (Å²) in [7, 11) is 0. The molecule has 4 rings (SSSR count). The number of ether oxygens (including phenoxy) is 2. The number of hydrogen-bond acceptors (Lipinski definition) is 13. The molecule has 0 saturated carbocycles. The van der Waals surface area contributed by atoms with Crippen molar-refractivity contribution in [3.63, 3.8) is 0 Å². The predicted octanol–water partition coefficient (Wildman–Crippen LogP) is 1.28. The molecular formula is C37H40N8O13. The van der Waals surface area contributed by atoms with E-state index in [0.717, 1.165) is 36.4 Å². The minimum atomic E-state index is -1.41. The van der Waals surface area contributed by atoms with E-state index in [4.69, 9.17) is 15.2 Å². The van der Waals surface area contributed by atoms with E-state index in [1.807, 2.05) is 0 Å². The maximum atomic E-state index is 13.6. The fourth-order valence-corrected chi connectivity index (χ4v) is 5.69. The van der Waals surface area contributed by atoms with Crippen molar-refractivity contribution >= 4 is 64.9 Å². The Morgan fingerprint density at radius 1 is 0.793 bits per heavy atom. The molecule has 0 aliphatic carbocycles. The number of nitro benzene ring substituents is 1. The lowest BCUT2D eigenvalue weighted by atomic mass is 10.0. The summed E-state index contributed by atoms with van der Waals surface area (Å²) in [6.45, 7) is 3.14. The third-order valence-corrected chi connectivity index (χ3v) is 8.61. The van der Waals surface area contributed by atoms with E-state index in [2.05, 4.69) is 21.3 Å². The van der Waals surface area contributed by atoms with Gasteiger partial charge in [0.2, 0.25) is 17.7 Å². The van der Waals surface area contributed by atoms with Gasteiger partial charge in [0.15, 0.2) is 0 Å². The number of anilines is 1. The van der Waals surface area contributed by atoms with Crippen LogP contribution in [0.25, 0.3) is 0 Å². The average Bonchev–Trinajstić information content (AvgIpc) is 3.69. The highest BCUT2D eigenvalue weighted by atomic mass is 16.7. The number of nitrogens with two attached hydrogens (primary N) is 1. The van der Waals surface area contributed by atoms with Crippen LogP contribution in [0.4, 0.5) is 21.0 Å². The summed E-state index contributed by atoms with van der Waals surface area (Å²) >= 11 is 0. The molecule has 21 heteroatoms. The third-order valence-electron chi connectivity index (χ3n) is 8.61. The summed E-state index contributed by atoms with van der Waals surface area (Å²) in [4.78, 5) is 125. The number of urea groups is 1. The molecule has 0 bridgehead atoms. The van der Waals surface area contributed by atoms with Gasteiger partial charge in [-0.25, -0.2) is 9.59 Å². The zero-order valence-electron chi connectivity index (χ0n) is 31.2. The largest absolute Gasteiger partial charge is 0.514 e. The number of carbonyl (C=O) groups excluding carboxylic acids is 9. The summed E-state index contributed by atoms with van der Waals surface area (Å²) in [5, 5.41) is 21.1. The summed E-state index contributed by atoms with van der Waals surface area (Å²) in [5.74, 6) is -5.68. The maximum absolute atomic E-state index is 13.6. The average molecular weight is 805 g/mol. The summed E-state index contributed by atoms with van der Waals surface area (Å²) in [6.07, 6.45) is 0.927. The van der Waals surface area contributed by atoms with Gasteiger partial charge >= 0.3 is 12.2 Å². The number of nitrogens with one attached hydrogen (secondary N) is 4. The lowest BCUT2D eigenvalue weighted by Gasteiger charge is -2.32. The quantitative estimate of drug-likeness (QED) is 0.0334. The first-order valence-corrected chi connectivity index (χ1v) is 17.8. The van der Waals surface area contributed by atoms with Crippen molar-refractivity contribution in [2.45, 2.75) is 64.4 Å². The smallest absolute Gasteiger partial charge is 0.429 e. The molecule has 0 saturated heterocycles. The Balaban J connectivity index is 1.36. The second kappa shape index (κ2) is 19.9. The SMILES string of the molecule is CC(C)[C@H](NC(=O)CCC(N1C(=O)C=CC1=O)N1C(=O)C=CC1=O)C(=O)N[C@@H](CCCNC(N)=O)C(=O)Nc1ccc(COC(=O)Oc2ccc([N+](=O)[O-])cc2)cc1. The van der Waals surface area contributed by atoms with Crippen molar-refractivity contribution in [1.82, 2.24) is 25.8 Å². The summed E-state index contributed by atoms with van der Waals surface area (Å²) in [5.41, 5.74) is 5.76. The van der Waals surface area contributed by atoms with Gasteiger partial charge in [-0.05, 0) is 55.0 Å². The van der Waals surface area contributed by atoms with Gasteiger partial charge in [0.05, 0.1) is 4.92 Å². The van der Waals surface area contributed by atoms with Crippen molar-refractivity contribution in [2.24, 2.45) is 11.7 Å². The summed E-state index contributed by atoms with van der Waals surface area (Å²) in [6, 6.07) is 7.76. The van der Waals surface area contributed by atoms with E-state index in [-0.39, 0.29) is 43.9 Å². The minimum absolute atomic E-state index is 0.0267. The van der Waals surface area contributed by atoms with Gasteiger partial charge in [0, 0.05) is 55.1 Å². The first-order chi connectivity index (χ1) is 27.5. The molecule has 21 nitrogen and oxygen atoms in total. The molecular weight excluding hydrogens is 764 g/mol. The van der Waals surface area contributed by atoms with Gasteiger partial charge in [0.25, 0.3) is 29.3 Å². The molecule has 0 radical (unpaired) electrons. The maximum Gasteiger partial charge on any atom is 0.514 e. The molecule has 2 heterocycles. The third kappa shape index (κ3) is 12.0. The molecule has 58 heavy (non-hydrogen) atoms. The molecule has 0 unspecified atom stereocenters. The molecule has 2 aromatic carbocycles. The summed E-state index contributed by atoms with van der Waals surface area (Å²) < 4.78 is 10.1. The number of imide groups is 2. The second-order valence-electron chi connectivity index (χ2n) is 13.1. The Bertz CT molecular complexity index is 1940. The number of non-ortho nitro benzene ring substituents is 1. The fraction of sp³-hybridized carbons (Fsp3) is 0.324. The highest BCUT2D eigenvalue weighted by Crippen LogP contribution is 2.22. The van der Waals surface area contributed by atoms with Crippen molar-refractivity contribution in [3.8, 4) is 5.75 Å². The highest BCUT2D eigenvalue weighted by molar-refractivity contribution is 6.16. The number of carbonyl (C=O) groups is 9. The van der Waals surface area contributed by atoms with Crippen molar-refractivity contribution in [1.29, 1.82) is 0 Å². The number of primary amides is 1. The Morgan fingerprint density at radius 3 is 1.88 bits per heavy atom. The molecule has 9 amide bonds. The van der Waals surface area contributed by atoms with Crippen LogP contribution in [0.2, 0.25) is 0 Å². The van der Waals surface area contributed by atoms with Gasteiger partial charge in [-0.15, -0.1) is 0 Å². The topological polar surface area (TPSA) is 296 Å². The minimum Gasteiger partial charge on any atom is -0.429 e. The van der Waals surface area contributed by atoms with Crippen LogP contribution in [-0.2, 0) is 44.9 Å². The first-order valence-electron chi connectivity index (χ1n) is 17.8. The molecule has 0 spiro atoms. The van der Waals surface area contributed by atoms with Crippen molar-refractivity contribution in [2.75, 3.05) is 11.9 Å². The van der Waals surface area contributed by atoms with Crippen LogP contribution >= 0.6 is 0 Å². The van der Waals surface area contributed by atoms with Crippen molar-refractivity contribution in [3.05, 3.63) is 88.5 Å². The Kier molecular flexibility index (Phi) is 14.9. The zero-order chi connectivity index (χ0) is 42.5. The van der Waals surface area contributed by atoms with Crippen LogP contribution in [-0.4, -0.2) is 93.1 Å². The van der Waals surface area contributed by atoms with Crippen molar-refractivity contribution < 1.29 is 57.5 Å². The second-order valence-corrected chi connectivity index (χ2v) is 13.1. The van der Waals surface area contributed by atoms with E-state index in [1.165, 1.54) is 24.3 Å². The van der Waals surface area contributed by atoms with Gasteiger partial charge in [-0.2, -0.15) is 0 Å². The van der Waals surface area contributed by atoms with E-state index < -0.39 is 89.0 Å². The number of nitro groups is 1. The van der Waals surface area contributed by atoms with Crippen LogP contribution in [0.5, 0.6) is 5.75 Å². The van der Waals surface area contributed by atoms with Crippen LogP contribution < -0.4 is 31.7 Å². The molecule has 2 aromatic rings. The van der Waals surface area contributed by atoms with E-state index in [9.17, 15) is 53.3 Å². The number of nitrogens with zero attached hydrogens (tertiary/aromatic N) is 3. The highest BCUT2D eigenvalue weighted by Gasteiger charge is 2.41. The Labute approximate surface area is 330 Å². The van der Waals surface area contributed by atoms with Crippen LogP contribution in [0.1, 0.15) is 45.1 Å². The van der Waals surface area contributed by atoms with Gasteiger partial charge in [-0.3, -0.25) is 53.5 Å². The van der Waals surface area contributed by atoms with Crippen LogP contribution in [0.15, 0.2) is 72.8 Å². The number of rotatable bonds is 19. The molecule has 2 aliphatic rings. The fourth-order valence-electron chi connectivity index (χ4n) is 5.69. The van der Waals surface area contributed by atoms with E-state index in [1.54, 1.807) is 26.0 Å². The number of amides is 9. The van der Waals surface area contributed by atoms with Gasteiger partial charge in [-0.1, -0.05) is 26.0 Å². The first kappa shape index (κ1) is 43.3. The van der Waals surface area contributed by atoms with Crippen LogP contribution in [0.3, 0.4) is 0 Å². The zero-order valence-corrected chi connectivity index (χ0v) is 31.2. The van der Waals surface area contributed by atoms with Gasteiger partial charge < -0.3 is 36.5 Å². The normalized spacial score (nSPS) is 14.4. The number of hydrogen-bond donors (Lipinski definition) is 5. The van der Waals surface area contributed by atoms with E-state index in [0.29, 0.717) is 21.1 Å². The molecule has 0 fully saturated rings. The Morgan fingerprint density at radius 2 is 1.36 bits per heavy atom. The lowest BCUT2D eigenvalue weighted by molar-refractivity contribution is -0.384. The monoisotopic (exact) mass is 804 g/mol. The van der Waals surface area contributed by atoms with Gasteiger partial charge in [0.1, 0.15) is 30.6 Å². The van der Waals surface area contributed by atoms with Crippen LogP contribution in [0, 0.1) is 16.0 Å². The molecule has 306 valence electrons. The molecule has 6 N–H and O–H groups in total.